The van der Waals surface area contributed by atoms with Crippen LogP contribution in [0.15, 0.2) is 116 Å². The molecule has 0 aliphatic rings. The van der Waals surface area contributed by atoms with Crippen molar-refractivity contribution in [2.45, 2.75) is 76.9 Å². The zero-order chi connectivity index (χ0) is 47.2. The molecule has 0 aliphatic carbocycles. The number of hydrogen-bond acceptors (Lipinski definition) is 11. The summed E-state index contributed by atoms with van der Waals surface area (Å²) in [5.41, 5.74) is 5.72. The van der Waals surface area contributed by atoms with Crippen molar-refractivity contribution in [2.75, 3.05) is 18.9 Å². The number of aromatic nitrogens is 5. The van der Waals surface area contributed by atoms with Crippen LogP contribution in [0.25, 0.3) is 5.65 Å². The van der Waals surface area contributed by atoms with Crippen molar-refractivity contribution < 1.29 is 54.9 Å². The highest BCUT2D eigenvalue weighted by Crippen LogP contribution is 2.31. The third-order valence-corrected chi connectivity index (χ3v) is 9.09. The number of amides is 2. The summed E-state index contributed by atoms with van der Waals surface area (Å²) in [7, 11) is 0. The van der Waals surface area contributed by atoms with Crippen molar-refractivity contribution in [2.24, 2.45) is 0 Å². The molecule has 344 valence electrons. The molecule has 0 unspecified atom stereocenters. The Balaban J connectivity index is 0.000000244. The molecule has 65 heavy (non-hydrogen) atoms. The Hall–Kier alpha value is -6.93. The molecule has 4 heterocycles. The Morgan fingerprint density at radius 3 is 1.89 bits per heavy atom. The molecular formula is C45H46F6N8O6. The quantitative estimate of drug-likeness (QED) is 0.0629. The zero-order valence-electron chi connectivity index (χ0n) is 35.4. The number of carbonyl (C=O) groups excluding carboxylic acids is 3. The number of nitrogen functional groups attached to an aromatic ring is 1. The SMILES string of the molecule is CC(C)(C)OC(=O)N[C@H](COCc1ccccc1)C(=O)NCc1ccc(C(F)(F)F)cn1.Nc1ccc(C(=O)C[C@H](COCc2ccccc2)c2nnc3ccc(C(F)(F)F)cn23)cn1. The molecular weight excluding hydrogens is 863 g/mol. The fraction of sp³-hybridized carbons (Fsp3) is 0.311. The number of pyridine rings is 3. The number of fused-ring (bicyclic) bond motifs is 1. The largest absolute Gasteiger partial charge is 0.444 e. The summed E-state index contributed by atoms with van der Waals surface area (Å²) in [5.74, 6) is -1.01. The lowest BCUT2D eigenvalue weighted by Gasteiger charge is -2.23. The van der Waals surface area contributed by atoms with Gasteiger partial charge in [-0.25, -0.2) is 9.78 Å². The van der Waals surface area contributed by atoms with Gasteiger partial charge in [0.05, 0.1) is 55.7 Å². The van der Waals surface area contributed by atoms with Crippen molar-refractivity contribution >= 4 is 29.2 Å². The minimum atomic E-state index is -4.53. The normalized spacial score (nSPS) is 12.7. The molecule has 2 amide bonds. The van der Waals surface area contributed by atoms with E-state index in [1.807, 2.05) is 60.7 Å². The predicted octanol–water partition coefficient (Wildman–Crippen LogP) is 8.13. The van der Waals surface area contributed by atoms with Gasteiger partial charge in [-0.2, -0.15) is 26.3 Å². The number of benzene rings is 2. The molecule has 0 saturated carbocycles. The third kappa shape index (κ3) is 15.7. The van der Waals surface area contributed by atoms with Gasteiger partial charge in [0, 0.05) is 30.6 Å². The Kier molecular flexibility index (Phi) is 16.7. The first-order valence-electron chi connectivity index (χ1n) is 19.9. The van der Waals surface area contributed by atoms with E-state index in [0.717, 1.165) is 29.5 Å². The minimum Gasteiger partial charge on any atom is -0.444 e. The van der Waals surface area contributed by atoms with Crippen molar-refractivity contribution in [1.29, 1.82) is 0 Å². The summed E-state index contributed by atoms with van der Waals surface area (Å²) in [5, 5.41) is 13.1. The van der Waals surface area contributed by atoms with E-state index in [1.54, 1.807) is 26.8 Å². The summed E-state index contributed by atoms with van der Waals surface area (Å²) in [6.07, 6.45) is -6.88. The van der Waals surface area contributed by atoms with E-state index in [4.69, 9.17) is 19.9 Å². The van der Waals surface area contributed by atoms with Crippen LogP contribution in [0.1, 0.15) is 77.2 Å². The maximum atomic E-state index is 13.3. The summed E-state index contributed by atoms with van der Waals surface area (Å²) in [6.45, 7) is 5.35. The molecule has 0 bridgehead atoms. The van der Waals surface area contributed by atoms with Gasteiger partial charge in [0.15, 0.2) is 11.4 Å². The van der Waals surface area contributed by atoms with Gasteiger partial charge in [-0.15, -0.1) is 10.2 Å². The minimum absolute atomic E-state index is 0.0556. The molecule has 6 rings (SSSR count). The van der Waals surface area contributed by atoms with Crippen LogP contribution in [0.4, 0.5) is 37.0 Å². The smallest absolute Gasteiger partial charge is 0.417 e. The molecule has 6 aromatic rings. The maximum Gasteiger partial charge on any atom is 0.417 e. The number of nitrogens with one attached hydrogen (secondary N) is 2. The van der Waals surface area contributed by atoms with E-state index in [2.05, 4.69) is 30.8 Å². The van der Waals surface area contributed by atoms with Gasteiger partial charge in [-0.05, 0) is 68.3 Å². The predicted molar refractivity (Wildman–Crippen MR) is 225 cm³/mol. The Bertz CT molecular complexity index is 2460. The highest BCUT2D eigenvalue weighted by Gasteiger charge is 2.33. The van der Waals surface area contributed by atoms with E-state index in [0.29, 0.717) is 11.8 Å². The summed E-state index contributed by atoms with van der Waals surface area (Å²) >= 11 is 0. The molecule has 0 aliphatic heterocycles. The van der Waals surface area contributed by atoms with Crippen molar-refractivity contribution in [3.8, 4) is 0 Å². The van der Waals surface area contributed by atoms with Gasteiger partial charge in [0.25, 0.3) is 0 Å². The Labute approximate surface area is 369 Å². The van der Waals surface area contributed by atoms with Crippen LogP contribution in [0, 0.1) is 0 Å². The van der Waals surface area contributed by atoms with Crippen LogP contribution in [0.2, 0.25) is 0 Å². The molecule has 0 spiro atoms. The molecule has 2 atom stereocenters. The van der Waals surface area contributed by atoms with E-state index in [9.17, 15) is 40.7 Å². The fourth-order valence-electron chi connectivity index (χ4n) is 5.88. The van der Waals surface area contributed by atoms with Gasteiger partial charge >= 0.3 is 18.4 Å². The number of ether oxygens (including phenoxy) is 3. The van der Waals surface area contributed by atoms with Crippen LogP contribution in [-0.2, 0) is 51.1 Å². The molecule has 4 aromatic heterocycles. The number of ketones is 1. The number of alkyl carbamates (subject to hydrolysis) is 1. The highest BCUT2D eigenvalue weighted by molar-refractivity contribution is 5.96. The van der Waals surface area contributed by atoms with E-state index in [1.165, 1.54) is 28.8 Å². The number of hydrogen-bond donors (Lipinski definition) is 3. The number of nitrogens with zero attached hydrogens (tertiary/aromatic N) is 5. The molecule has 2 aromatic carbocycles. The van der Waals surface area contributed by atoms with E-state index < -0.39 is 53.0 Å². The van der Waals surface area contributed by atoms with Crippen molar-refractivity contribution in [3.05, 3.63) is 155 Å². The Morgan fingerprint density at radius 1 is 0.723 bits per heavy atom. The lowest BCUT2D eigenvalue weighted by Crippen LogP contribution is -2.50. The fourth-order valence-corrected chi connectivity index (χ4v) is 5.88. The number of halogens is 6. The molecule has 4 N–H and O–H groups in total. The van der Waals surface area contributed by atoms with Crippen LogP contribution in [0.3, 0.4) is 0 Å². The average Bonchev–Trinajstić information content (AvgIpc) is 3.68. The summed E-state index contributed by atoms with van der Waals surface area (Å²) in [6, 6.07) is 24.9. The second kappa shape index (κ2) is 22.1. The second-order valence-corrected chi connectivity index (χ2v) is 15.5. The first kappa shape index (κ1) is 49.1. The number of nitrogens with two attached hydrogens (primary N) is 1. The van der Waals surface area contributed by atoms with Crippen LogP contribution < -0.4 is 16.4 Å². The number of carbonyl (C=O) groups is 3. The molecule has 0 radical (unpaired) electrons. The van der Waals surface area contributed by atoms with Gasteiger partial charge < -0.3 is 30.6 Å². The van der Waals surface area contributed by atoms with Crippen molar-refractivity contribution in [3.63, 3.8) is 0 Å². The molecule has 0 fully saturated rings. The molecule has 14 nitrogen and oxygen atoms in total. The topological polar surface area (TPSA) is 185 Å². The molecule has 0 saturated heterocycles. The Morgan fingerprint density at radius 2 is 1.34 bits per heavy atom. The van der Waals surface area contributed by atoms with Gasteiger partial charge in [0.2, 0.25) is 5.91 Å². The number of anilines is 1. The van der Waals surface area contributed by atoms with Crippen LogP contribution in [0.5, 0.6) is 0 Å². The van der Waals surface area contributed by atoms with E-state index >= 15 is 0 Å². The highest BCUT2D eigenvalue weighted by atomic mass is 19.4. The summed E-state index contributed by atoms with van der Waals surface area (Å²) in [4.78, 5) is 45.3. The lowest BCUT2D eigenvalue weighted by molar-refractivity contribution is -0.138. The number of Topliss-reactive ketones (excluding diaryl/α,β-unsaturated/α-hetero) is 1. The van der Waals surface area contributed by atoms with Gasteiger partial charge in [-0.3, -0.25) is 19.0 Å². The standard InChI is InChI=1S/C23H20F3N5O2.C22H26F3N3O4/c24-23(25,26)18-7-9-21-29-30-22(31(21)12-18)17(14-33-13-15-4-2-1-3-5-15)10-19(32)16-6-8-20(27)28-11-16;1-21(2,3)32-20(30)28-18(14-31-13-15-7-5-4-6-8-15)19(29)27-12-17-10-9-16(11-26-17)22(23,24)25/h1-9,11-12,17H,10,13-14H2,(H2,27,28);4-11,18H,12-14H2,1-3H3,(H,27,29)(H,28,30)/t17-;18-/m11/s1. The monoisotopic (exact) mass is 908 g/mol. The van der Waals surface area contributed by atoms with Gasteiger partial charge in [-0.1, -0.05) is 60.7 Å². The third-order valence-electron chi connectivity index (χ3n) is 9.09. The lowest BCUT2D eigenvalue weighted by atomic mass is 9.98. The average molecular weight is 909 g/mol. The van der Waals surface area contributed by atoms with Gasteiger partial charge in [0.1, 0.15) is 23.3 Å². The maximum absolute atomic E-state index is 13.3. The number of rotatable bonds is 16. The zero-order valence-corrected chi connectivity index (χ0v) is 35.4. The molecule has 20 heteroatoms. The first-order chi connectivity index (χ1) is 30.7. The number of alkyl halides is 6. The summed E-state index contributed by atoms with van der Waals surface area (Å²) < 4.78 is 95.5. The van der Waals surface area contributed by atoms with Crippen molar-refractivity contribution in [1.82, 2.24) is 35.2 Å². The second-order valence-electron chi connectivity index (χ2n) is 15.5. The first-order valence-corrected chi connectivity index (χ1v) is 19.9. The van der Waals surface area contributed by atoms with E-state index in [-0.39, 0.29) is 68.2 Å². The van der Waals surface area contributed by atoms with Crippen LogP contribution in [-0.4, -0.2) is 67.2 Å². The van der Waals surface area contributed by atoms with Crippen LogP contribution >= 0.6 is 0 Å².